The number of phenolic OH excluding ortho intramolecular Hbond substituents is 1. The summed E-state index contributed by atoms with van der Waals surface area (Å²) >= 11 is 0. The van der Waals surface area contributed by atoms with Crippen LogP contribution in [0.25, 0.3) is 0 Å². The smallest absolute Gasteiger partial charge is 0.260 e. The Morgan fingerprint density at radius 1 is 0.784 bits per heavy atom. The van der Waals surface area contributed by atoms with Gasteiger partial charge >= 0.3 is 0 Å². The van der Waals surface area contributed by atoms with Gasteiger partial charge in [-0.3, -0.25) is 29.5 Å². The van der Waals surface area contributed by atoms with Gasteiger partial charge in [-0.15, -0.1) is 0 Å². The van der Waals surface area contributed by atoms with E-state index in [0.29, 0.717) is 22.5 Å². The minimum absolute atomic E-state index is 0.102. The fourth-order valence-corrected chi connectivity index (χ4v) is 9.10. The molecule has 4 aliphatic rings. The fraction of sp³-hybridized carbons (Fsp3) is 0.268. The molecule has 2 N–H and O–H groups in total. The third-order valence-corrected chi connectivity index (χ3v) is 11.2. The van der Waals surface area contributed by atoms with Crippen molar-refractivity contribution in [2.24, 2.45) is 23.7 Å². The number of para-hydroxylation sites is 1. The second-order valence-corrected chi connectivity index (χ2v) is 13.7. The second kappa shape index (κ2) is 12.2. The SMILES string of the molecule is COc1cc(O)cc(OC)c1C1C2=CCC3C(=O)N(c4ccccc4)C(=O)C3C2CC2C(=O)N(Nc3ccc(C)cc3)C(=O)C21c1ccccc1. The van der Waals surface area contributed by atoms with Crippen LogP contribution in [0.2, 0.25) is 0 Å². The molecule has 0 spiro atoms. The van der Waals surface area contributed by atoms with Gasteiger partial charge in [-0.1, -0.05) is 77.9 Å². The number of allylic oxidation sites excluding steroid dienone is 2. The molecular weight excluding hydrogens is 646 g/mol. The van der Waals surface area contributed by atoms with E-state index in [0.717, 1.165) is 16.1 Å². The number of anilines is 2. The van der Waals surface area contributed by atoms with Crippen LogP contribution in [0.5, 0.6) is 17.2 Å². The van der Waals surface area contributed by atoms with Gasteiger partial charge in [-0.2, -0.15) is 5.01 Å². The molecule has 4 amide bonds. The summed E-state index contributed by atoms with van der Waals surface area (Å²) < 4.78 is 11.8. The summed E-state index contributed by atoms with van der Waals surface area (Å²) in [4.78, 5) is 60.0. The van der Waals surface area contributed by atoms with Crippen molar-refractivity contribution in [3.8, 4) is 17.2 Å². The molecule has 10 nitrogen and oxygen atoms in total. The first-order chi connectivity index (χ1) is 24.7. The molecule has 4 aromatic rings. The molecule has 3 fully saturated rings. The molecule has 1 saturated carbocycles. The standard InChI is InChI=1S/C41H37N3O7/c1-23-14-16-25(17-15-23)42-44-38(47)31-22-30-28(18-19-29-34(30)39(48)43(37(29)46)26-12-8-5-9-13-26)36(35-32(50-2)20-27(45)21-33(35)51-3)41(31,40(44)49)24-10-6-4-7-11-24/h4-18,20-21,29-31,34,36,42,45H,19,22H2,1-3H3. The Balaban J connectivity index is 1.37. The maximum Gasteiger partial charge on any atom is 0.260 e. The Hall–Kier alpha value is -5.90. The molecule has 51 heavy (non-hydrogen) atoms. The van der Waals surface area contributed by atoms with Gasteiger partial charge in [0.15, 0.2) is 0 Å². The van der Waals surface area contributed by atoms with E-state index in [1.807, 2.05) is 73.7 Å². The lowest BCUT2D eigenvalue weighted by Crippen LogP contribution is -2.53. The first kappa shape index (κ1) is 32.3. The Morgan fingerprint density at radius 2 is 1.41 bits per heavy atom. The maximum absolute atomic E-state index is 15.4. The lowest BCUT2D eigenvalue weighted by Gasteiger charge is -2.51. The number of fused-ring (bicyclic) bond motifs is 4. The zero-order valence-electron chi connectivity index (χ0n) is 28.4. The van der Waals surface area contributed by atoms with Crippen LogP contribution in [0.4, 0.5) is 11.4 Å². The first-order valence-electron chi connectivity index (χ1n) is 17.1. The fourth-order valence-electron chi connectivity index (χ4n) is 9.10. The molecule has 2 aliphatic carbocycles. The molecule has 2 saturated heterocycles. The first-order valence-corrected chi connectivity index (χ1v) is 17.1. The minimum Gasteiger partial charge on any atom is -0.508 e. The van der Waals surface area contributed by atoms with Crippen LogP contribution in [0.15, 0.2) is 109 Å². The summed E-state index contributed by atoms with van der Waals surface area (Å²) in [5.41, 5.74) is 5.51. The Kier molecular flexibility index (Phi) is 7.70. The number of nitrogens with one attached hydrogen (secondary N) is 1. The summed E-state index contributed by atoms with van der Waals surface area (Å²) in [5, 5.41) is 11.8. The lowest BCUT2D eigenvalue weighted by molar-refractivity contribution is -0.138. The minimum atomic E-state index is -1.52. The van der Waals surface area contributed by atoms with Crippen molar-refractivity contribution in [3.05, 3.63) is 125 Å². The van der Waals surface area contributed by atoms with Gasteiger partial charge in [0.05, 0.1) is 48.8 Å². The van der Waals surface area contributed by atoms with Crippen LogP contribution in [-0.4, -0.2) is 48.0 Å². The lowest BCUT2D eigenvalue weighted by atomic mass is 9.49. The number of aromatic hydroxyl groups is 1. The number of carbonyl (C=O) groups is 4. The highest BCUT2D eigenvalue weighted by Gasteiger charge is 2.71. The largest absolute Gasteiger partial charge is 0.508 e. The van der Waals surface area contributed by atoms with Crippen LogP contribution in [-0.2, 0) is 24.6 Å². The monoisotopic (exact) mass is 683 g/mol. The number of ether oxygens (including phenoxy) is 2. The van der Waals surface area contributed by atoms with Crippen molar-refractivity contribution in [3.63, 3.8) is 0 Å². The summed E-state index contributed by atoms with van der Waals surface area (Å²) in [6.45, 7) is 1.95. The highest BCUT2D eigenvalue weighted by Crippen LogP contribution is 2.66. The van der Waals surface area contributed by atoms with E-state index in [4.69, 9.17) is 9.47 Å². The van der Waals surface area contributed by atoms with Crippen molar-refractivity contribution in [1.82, 2.24) is 5.01 Å². The van der Waals surface area contributed by atoms with Gasteiger partial charge in [-0.25, -0.2) is 0 Å². The van der Waals surface area contributed by atoms with E-state index in [1.54, 1.807) is 24.3 Å². The highest BCUT2D eigenvalue weighted by atomic mass is 16.5. The van der Waals surface area contributed by atoms with Crippen molar-refractivity contribution >= 4 is 35.0 Å². The summed E-state index contributed by atoms with van der Waals surface area (Å²) in [6, 6.07) is 28.5. The van der Waals surface area contributed by atoms with E-state index in [2.05, 4.69) is 5.43 Å². The van der Waals surface area contributed by atoms with E-state index in [-0.39, 0.29) is 41.9 Å². The summed E-state index contributed by atoms with van der Waals surface area (Å²) in [6.07, 6.45) is 2.41. The van der Waals surface area contributed by atoms with Crippen LogP contribution >= 0.6 is 0 Å². The number of methoxy groups -OCH3 is 2. The Morgan fingerprint density at radius 3 is 2.04 bits per heavy atom. The van der Waals surface area contributed by atoms with Crippen molar-refractivity contribution in [2.75, 3.05) is 24.5 Å². The number of imide groups is 2. The van der Waals surface area contributed by atoms with Gasteiger partial charge in [-0.05, 0) is 55.5 Å². The number of hydrogen-bond acceptors (Lipinski definition) is 8. The number of amides is 4. The molecule has 6 unspecified atom stereocenters. The quantitative estimate of drug-likeness (QED) is 0.182. The zero-order chi connectivity index (χ0) is 35.6. The molecule has 8 rings (SSSR count). The topological polar surface area (TPSA) is 125 Å². The number of aryl methyl sites for hydroxylation is 1. The zero-order valence-corrected chi connectivity index (χ0v) is 28.4. The predicted octanol–water partition coefficient (Wildman–Crippen LogP) is 5.91. The van der Waals surface area contributed by atoms with Crippen molar-refractivity contribution in [1.29, 1.82) is 0 Å². The number of hydrogen-bond donors (Lipinski definition) is 2. The number of nitrogens with zero attached hydrogens (tertiary/aromatic N) is 2. The Labute approximate surface area is 295 Å². The molecule has 4 aromatic carbocycles. The van der Waals surface area contributed by atoms with E-state index in [1.165, 1.54) is 31.3 Å². The number of hydrazine groups is 1. The van der Waals surface area contributed by atoms with E-state index in [9.17, 15) is 19.5 Å². The van der Waals surface area contributed by atoms with Gasteiger partial charge in [0.1, 0.15) is 17.2 Å². The summed E-state index contributed by atoms with van der Waals surface area (Å²) in [7, 11) is 2.94. The molecular formula is C41H37N3O7. The number of carbonyl (C=O) groups excluding carboxylic acids is 4. The summed E-state index contributed by atoms with van der Waals surface area (Å²) in [5.74, 6) is -4.88. The average Bonchev–Trinajstić information content (AvgIpc) is 3.53. The van der Waals surface area contributed by atoms with Gasteiger partial charge in [0.25, 0.3) is 11.8 Å². The van der Waals surface area contributed by atoms with Crippen molar-refractivity contribution in [2.45, 2.75) is 31.1 Å². The van der Waals surface area contributed by atoms with Crippen LogP contribution < -0.4 is 19.8 Å². The molecule has 6 atom stereocenters. The van der Waals surface area contributed by atoms with Crippen LogP contribution in [0, 0.1) is 30.6 Å². The predicted molar refractivity (Wildman–Crippen MR) is 189 cm³/mol. The normalized spacial score (nSPS) is 26.7. The molecule has 0 aromatic heterocycles. The third kappa shape index (κ3) is 4.69. The van der Waals surface area contributed by atoms with E-state index < -0.39 is 46.8 Å². The molecule has 0 radical (unpaired) electrons. The van der Waals surface area contributed by atoms with Crippen LogP contribution in [0.3, 0.4) is 0 Å². The molecule has 258 valence electrons. The third-order valence-electron chi connectivity index (χ3n) is 11.2. The number of phenols is 1. The molecule has 10 heteroatoms. The Bertz CT molecular complexity index is 2070. The molecule has 0 bridgehead atoms. The number of benzene rings is 4. The van der Waals surface area contributed by atoms with Gasteiger partial charge in [0.2, 0.25) is 11.8 Å². The van der Waals surface area contributed by atoms with Gasteiger partial charge < -0.3 is 14.6 Å². The average molecular weight is 684 g/mol. The maximum atomic E-state index is 15.4. The van der Waals surface area contributed by atoms with Crippen molar-refractivity contribution < 1.29 is 33.8 Å². The second-order valence-electron chi connectivity index (χ2n) is 13.7. The molecule has 2 aliphatic heterocycles. The van der Waals surface area contributed by atoms with Gasteiger partial charge in [0, 0.05) is 23.6 Å². The molecule has 2 heterocycles. The van der Waals surface area contributed by atoms with E-state index >= 15 is 4.79 Å². The number of rotatable bonds is 7. The highest BCUT2D eigenvalue weighted by molar-refractivity contribution is 6.22. The van der Waals surface area contributed by atoms with Crippen LogP contribution in [0.1, 0.15) is 35.4 Å².